The van der Waals surface area contributed by atoms with Gasteiger partial charge in [-0.1, -0.05) is 36.6 Å². The van der Waals surface area contributed by atoms with Crippen molar-refractivity contribution in [1.82, 2.24) is 9.80 Å². The van der Waals surface area contributed by atoms with Gasteiger partial charge >= 0.3 is 6.03 Å². The summed E-state index contributed by atoms with van der Waals surface area (Å²) in [6.07, 6.45) is 4.71. The average molecular weight is 295 g/mol. The highest BCUT2D eigenvalue weighted by molar-refractivity contribution is 6.30. The van der Waals surface area contributed by atoms with Gasteiger partial charge in [-0.3, -0.25) is 0 Å². The van der Waals surface area contributed by atoms with Gasteiger partial charge < -0.3 is 9.80 Å². The van der Waals surface area contributed by atoms with Crippen molar-refractivity contribution in [3.8, 4) is 0 Å². The molecule has 110 valence electrons. The molecule has 20 heavy (non-hydrogen) atoms. The average Bonchev–Trinajstić information content (AvgIpc) is 2.75. The quantitative estimate of drug-likeness (QED) is 0.796. The number of nitrogens with zero attached hydrogens (tertiary/aromatic N) is 2. The maximum absolute atomic E-state index is 12.6. The second-order valence-electron chi connectivity index (χ2n) is 5.52. The van der Waals surface area contributed by atoms with Gasteiger partial charge in [0.2, 0.25) is 0 Å². The van der Waals surface area contributed by atoms with E-state index < -0.39 is 0 Å². The molecular formula is C16H23ClN2O. The number of urea groups is 1. The normalized spacial score (nSPS) is 17.4. The number of hydrogen-bond donors (Lipinski definition) is 0. The Balaban J connectivity index is 2.03. The lowest BCUT2D eigenvalue weighted by Crippen LogP contribution is -2.42. The minimum absolute atomic E-state index is 0.0584. The lowest BCUT2D eigenvalue weighted by atomic mass is 10.1. The maximum atomic E-state index is 12.6. The lowest BCUT2D eigenvalue weighted by molar-refractivity contribution is 0.151. The molecule has 1 heterocycles. The van der Waals surface area contributed by atoms with Crippen LogP contribution in [-0.4, -0.2) is 36.0 Å². The van der Waals surface area contributed by atoms with Crippen LogP contribution in [0.25, 0.3) is 0 Å². The molecule has 3 nitrogen and oxygen atoms in total. The Kier molecular flexibility index (Phi) is 5.30. The van der Waals surface area contributed by atoms with Crippen molar-refractivity contribution < 1.29 is 4.79 Å². The molecule has 1 aromatic carbocycles. The van der Waals surface area contributed by atoms with Crippen molar-refractivity contribution in [2.75, 3.05) is 20.1 Å². The van der Waals surface area contributed by atoms with E-state index in [0.717, 1.165) is 36.5 Å². The Morgan fingerprint density at radius 3 is 2.25 bits per heavy atom. The highest BCUT2D eigenvalue weighted by atomic mass is 35.5. The molecule has 0 radical (unpaired) electrons. The molecule has 1 aliphatic rings. The van der Waals surface area contributed by atoms with E-state index in [1.165, 1.54) is 12.8 Å². The monoisotopic (exact) mass is 294 g/mol. The zero-order valence-electron chi connectivity index (χ0n) is 12.3. The van der Waals surface area contributed by atoms with Crippen LogP contribution < -0.4 is 0 Å². The van der Waals surface area contributed by atoms with Gasteiger partial charge in [-0.25, -0.2) is 4.79 Å². The van der Waals surface area contributed by atoms with E-state index in [1.807, 2.05) is 41.1 Å². The fourth-order valence-electron chi connectivity index (χ4n) is 2.62. The molecule has 1 unspecified atom stereocenters. The summed E-state index contributed by atoms with van der Waals surface area (Å²) in [4.78, 5) is 16.4. The molecule has 0 aromatic heterocycles. The first-order chi connectivity index (χ1) is 9.59. The number of amides is 2. The smallest absolute Gasteiger partial charge is 0.320 e. The van der Waals surface area contributed by atoms with Crippen molar-refractivity contribution in [3.05, 3.63) is 34.9 Å². The predicted molar refractivity (Wildman–Crippen MR) is 83.1 cm³/mol. The van der Waals surface area contributed by atoms with Gasteiger partial charge in [0.15, 0.2) is 0 Å². The Morgan fingerprint density at radius 1 is 1.15 bits per heavy atom. The second-order valence-corrected chi connectivity index (χ2v) is 5.96. The van der Waals surface area contributed by atoms with Crippen LogP contribution in [0.1, 0.15) is 44.2 Å². The molecule has 1 aliphatic heterocycles. The number of rotatable bonds is 2. The highest BCUT2D eigenvalue weighted by Gasteiger charge is 2.23. The van der Waals surface area contributed by atoms with E-state index in [2.05, 4.69) is 6.92 Å². The third-order valence-electron chi connectivity index (χ3n) is 4.11. The molecule has 1 aromatic rings. The molecule has 1 saturated heterocycles. The highest BCUT2D eigenvalue weighted by Crippen LogP contribution is 2.22. The van der Waals surface area contributed by atoms with E-state index in [-0.39, 0.29) is 12.1 Å². The van der Waals surface area contributed by atoms with Gasteiger partial charge in [-0.15, -0.1) is 0 Å². The van der Waals surface area contributed by atoms with Crippen molar-refractivity contribution >= 4 is 17.6 Å². The fraction of sp³-hybridized carbons (Fsp3) is 0.562. The second kappa shape index (κ2) is 6.98. The molecule has 0 N–H and O–H groups in total. The first-order valence-corrected chi connectivity index (χ1v) is 7.74. The van der Waals surface area contributed by atoms with Gasteiger partial charge in [-0.2, -0.15) is 0 Å². The first kappa shape index (κ1) is 15.2. The summed E-state index contributed by atoms with van der Waals surface area (Å²) >= 11 is 5.91. The minimum Gasteiger partial charge on any atom is -0.325 e. The summed E-state index contributed by atoms with van der Waals surface area (Å²) in [5.41, 5.74) is 1.11. The molecule has 0 spiro atoms. The van der Waals surface area contributed by atoms with Crippen LogP contribution in [0, 0.1) is 0 Å². The van der Waals surface area contributed by atoms with Crippen LogP contribution in [0.3, 0.4) is 0 Å². The molecular weight excluding hydrogens is 272 g/mol. The molecule has 0 bridgehead atoms. The lowest BCUT2D eigenvalue weighted by Gasteiger charge is -2.31. The largest absolute Gasteiger partial charge is 0.325 e. The molecule has 1 fully saturated rings. The zero-order valence-corrected chi connectivity index (χ0v) is 13.1. The van der Waals surface area contributed by atoms with Crippen LogP contribution in [-0.2, 0) is 0 Å². The number of likely N-dealkylation sites (tertiary alicyclic amines) is 1. The third kappa shape index (κ3) is 3.66. The maximum Gasteiger partial charge on any atom is 0.320 e. The summed E-state index contributed by atoms with van der Waals surface area (Å²) in [6, 6.07) is 7.91. The summed E-state index contributed by atoms with van der Waals surface area (Å²) in [7, 11) is 1.88. The topological polar surface area (TPSA) is 23.6 Å². The van der Waals surface area contributed by atoms with Crippen LogP contribution in [0.2, 0.25) is 5.02 Å². The van der Waals surface area contributed by atoms with E-state index in [0.29, 0.717) is 0 Å². The Bertz CT molecular complexity index is 438. The van der Waals surface area contributed by atoms with Crippen LogP contribution in [0.5, 0.6) is 0 Å². The van der Waals surface area contributed by atoms with Gasteiger partial charge in [0.25, 0.3) is 0 Å². The van der Waals surface area contributed by atoms with Gasteiger partial charge in [0, 0.05) is 25.2 Å². The van der Waals surface area contributed by atoms with Crippen molar-refractivity contribution in [2.45, 2.75) is 38.6 Å². The Morgan fingerprint density at radius 2 is 1.70 bits per heavy atom. The molecule has 0 aliphatic carbocycles. The Labute approximate surface area is 126 Å². The predicted octanol–water partition coefficient (Wildman–Crippen LogP) is 4.33. The zero-order chi connectivity index (χ0) is 14.5. The van der Waals surface area contributed by atoms with Crippen LogP contribution >= 0.6 is 11.6 Å². The van der Waals surface area contributed by atoms with Gasteiger partial charge in [0.1, 0.15) is 0 Å². The molecule has 1 atom stereocenters. The number of carbonyl (C=O) groups is 1. The third-order valence-corrected chi connectivity index (χ3v) is 4.36. The molecule has 4 heteroatoms. The number of benzene rings is 1. The summed E-state index contributed by atoms with van der Waals surface area (Å²) < 4.78 is 0. The molecule has 2 rings (SSSR count). The SMILES string of the molecule is CC(c1ccc(Cl)cc1)N(C)C(=O)N1CCCCCC1. The number of halogens is 1. The van der Waals surface area contributed by atoms with Crippen LogP contribution in [0.4, 0.5) is 4.79 Å². The van der Waals surface area contributed by atoms with Gasteiger partial charge in [0.05, 0.1) is 6.04 Å². The summed E-state index contributed by atoms with van der Waals surface area (Å²) in [5, 5.41) is 0.724. The van der Waals surface area contributed by atoms with E-state index in [1.54, 1.807) is 0 Å². The standard InChI is InChI=1S/C16H23ClN2O/c1-13(14-7-9-15(17)10-8-14)18(2)16(20)19-11-5-3-4-6-12-19/h7-10,13H,3-6,11-12H2,1-2H3. The number of hydrogen-bond acceptors (Lipinski definition) is 1. The summed E-state index contributed by atoms with van der Waals surface area (Å²) in [6.45, 7) is 3.83. The van der Waals surface area contributed by atoms with E-state index in [9.17, 15) is 4.79 Å². The van der Waals surface area contributed by atoms with Crippen molar-refractivity contribution in [1.29, 1.82) is 0 Å². The van der Waals surface area contributed by atoms with Crippen molar-refractivity contribution in [2.24, 2.45) is 0 Å². The van der Waals surface area contributed by atoms with E-state index >= 15 is 0 Å². The van der Waals surface area contributed by atoms with Crippen molar-refractivity contribution in [3.63, 3.8) is 0 Å². The minimum atomic E-state index is 0.0584. The number of carbonyl (C=O) groups excluding carboxylic acids is 1. The molecule has 0 saturated carbocycles. The van der Waals surface area contributed by atoms with Crippen LogP contribution in [0.15, 0.2) is 24.3 Å². The summed E-state index contributed by atoms with van der Waals surface area (Å²) in [5.74, 6) is 0. The molecule has 2 amide bonds. The first-order valence-electron chi connectivity index (χ1n) is 7.37. The fourth-order valence-corrected chi connectivity index (χ4v) is 2.74. The van der Waals surface area contributed by atoms with Gasteiger partial charge in [-0.05, 0) is 37.5 Å². The Hall–Kier alpha value is -1.22. The van der Waals surface area contributed by atoms with E-state index in [4.69, 9.17) is 11.6 Å².